The monoisotopic (exact) mass is 322 g/mol. The molecule has 2 aromatic rings. The summed E-state index contributed by atoms with van der Waals surface area (Å²) in [7, 11) is 4.20. The molecule has 5 nitrogen and oxygen atoms in total. The molecular formula is C19H22N4O. The summed E-state index contributed by atoms with van der Waals surface area (Å²) in [6.07, 6.45) is 0. The van der Waals surface area contributed by atoms with E-state index in [9.17, 15) is 5.11 Å². The second-order valence-electron chi connectivity index (χ2n) is 6.47. The second-order valence-corrected chi connectivity index (χ2v) is 6.47. The number of hydrogen-bond donors (Lipinski definition) is 1. The van der Waals surface area contributed by atoms with Crippen LogP contribution in [0.3, 0.4) is 0 Å². The highest BCUT2D eigenvalue weighted by molar-refractivity contribution is 6.08. The summed E-state index contributed by atoms with van der Waals surface area (Å²) in [6.45, 7) is 3.92. The number of phenolic OH excluding ortho intramolecular Hbond substituents is 1. The quantitative estimate of drug-likeness (QED) is 0.810. The zero-order valence-corrected chi connectivity index (χ0v) is 14.1. The summed E-state index contributed by atoms with van der Waals surface area (Å²) in [5.74, 6) is 1.22. The summed E-state index contributed by atoms with van der Waals surface area (Å²) >= 11 is 0. The predicted octanol–water partition coefficient (Wildman–Crippen LogP) is 2.80. The summed E-state index contributed by atoms with van der Waals surface area (Å²) in [6, 6.07) is 13.7. The number of likely N-dealkylation sites (N-methyl/N-ethyl adjacent to an activating group) is 1. The van der Waals surface area contributed by atoms with Crippen LogP contribution in [-0.4, -0.2) is 61.0 Å². The van der Waals surface area contributed by atoms with Crippen LogP contribution in [0.25, 0.3) is 0 Å². The van der Waals surface area contributed by atoms with Crippen LogP contribution in [-0.2, 0) is 0 Å². The van der Waals surface area contributed by atoms with E-state index in [0.717, 1.165) is 54.6 Å². The minimum absolute atomic E-state index is 0.273. The molecule has 0 amide bonds. The van der Waals surface area contributed by atoms with Crippen molar-refractivity contribution in [3.8, 4) is 5.75 Å². The fourth-order valence-corrected chi connectivity index (χ4v) is 3.40. The fraction of sp³-hybridized carbons (Fsp3) is 0.316. The maximum Gasteiger partial charge on any atom is 0.138 e. The first-order chi connectivity index (χ1) is 11.6. The van der Waals surface area contributed by atoms with E-state index in [0.29, 0.717) is 0 Å². The van der Waals surface area contributed by atoms with Gasteiger partial charge in [0.1, 0.15) is 11.6 Å². The lowest BCUT2D eigenvalue weighted by atomic mass is 10.1. The first kappa shape index (κ1) is 15.0. The number of nitrogens with zero attached hydrogens (tertiary/aromatic N) is 4. The number of hydrogen-bond acceptors (Lipinski definition) is 5. The van der Waals surface area contributed by atoms with Crippen LogP contribution in [0, 0.1) is 0 Å². The molecule has 0 atom stereocenters. The Morgan fingerprint density at radius 2 is 1.67 bits per heavy atom. The standard InChI is InChI=1S/C19H22N4O/c1-21-9-11-23(12-10-21)19-15-13-14(24)7-8-17(15)22(2)18-6-4-3-5-16(18)20-19/h3-8,13,24H,9-12H2,1-2H3. The molecule has 0 bridgehead atoms. The number of anilines is 2. The van der Waals surface area contributed by atoms with Gasteiger partial charge >= 0.3 is 0 Å². The zero-order valence-electron chi connectivity index (χ0n) is 14.1. The maximum atomic E-state index is 10.0. The summed E-state index contributed by atoms with van der Waals surface area (Å²) < 4.78 is 0. The average molecular weight is 322 g/mol. The molecule has 2 heterocycles. The van der Waals surface area contributed by atoms with E-state index >= 15 is 0 Å². The normalized spacial score (nSPS) is 17.8. The van der Waals surface area contributed by atoms with Crippen LogP contribution in [0.5, 0.6) is 5.75 Å². The van der Waals surface area contributed by atoms with Crippen LogP contribution in [0.15, 0.2) is 47.5 Å². The van der Waals surface area contributed by atoms with E-state index in [1.54, 1.807) is 6.07 Å². The van der Waals surface area contributed by atoms with Crippen molar-refractivity contribution in [1.82, 2.24) is 9.80 Å². The van der Waals surface area contributed by atoms with Gasteiger partial charge in [0.15, 0.2) is 0 Å². The Balaban J connectivity index is 1.88. The topological polar surface area (TPSA) is 42.3 Å². The van der Waals surface area contributed by atoms with Gasteiger partial charge in [0.05, 0.1) is 17.1 Å². The first-order valence-electron chi connectivity index (χ1n) is 8.32. The van der Waals surface area contributed by atoms with Gasteiger partial charge in [0.25, 0.3) is 0 Å². The number of fused-ring (bicyclic) bond motifs is 2. The predicted molar refractivity (Wildman–Crippen MR) is 97.9 cm³/mol. The Labute approximate surface area is 142 Å². The maximum absolute atomic E-state index is 10.0. The van der Waals surface area contributed by atoms with Crippen LogP contribution in [0.4, 0.5) is 17.1 Å². The van der Waals surface area contributed by atoms with Gasteiger partial charge in [-0.3, -0.25) is 0 Å². The minimum Gasteiger partial charge on any atom is -0.508 e. The van der Waals surface area contributed by atoms with E-state index in [-0.39, 0.29) is 5.75 Å². The van der Waals surface area contributed by atoms with Crippen LogP contribution < -0.4 is 4.90 Å². The molecule has 24 heavy (non-hydrogen) atoms. The number of amidine groups is 1. The van der Waals surface area contributed by atoms with Gasteiger partial charge in [-0.15, -0.1) is 0 Å². The number of para-hydroxylation sites is 2. The van der Waals surface area contributed by atoms with Crippen molar-refractivity contribution < 1.29 is 5.11 Å². The number of benzene rings is 2. The van der Waals surface area contributed by atoms with E-state index in [1.165, 1.54) is 0 Å². The third kappa shape index (κ3) is 2.51. The molecule has 1 N–H and O–H groups in total. The Morgan fingerprint density at radius 1 is 0.917 bits per heavy atom. The van der Waals surface area contributed by atoms with Gasteiger partial charge in [-0.1, -0.05) is 12.1 Å². The van der Waals surface area contributed by atoms with Gasteiger partial charge < -0.3 is 19.8 Å². The molecule has 2 aliphatic rings. The highest BCUT2D eigenvalue weighted by Gasteiger charge is 2.26. The number of phenols is 1. The van der Waals surface area contributed by atoms with Gasteiger partial charge in [-0.05, 0) is 37.4 Å². The SMILES string of the molecule is CN1CCN(C2=Nc3ccccc3N(C)c3ccc(O)cc32)CC1. The number of rotatable bonds is 0. The molecule has 4 rings (SSSR count). The second kappa shape index (κ2) is 5.83. The van der Waals surface area contributed by atoms with E-state index in [4.69, 9.17) is 4.99 Å². The van der Waals surface area contributed by atoms with Gasteiger partial charge in [0, 0.05) is 38.8 Å². The molecule has 0 unspecified atom stereocenters. The molecule has 0 radical (unpaired) electrons. The van der Waals surface area contributed by atoms with Crippen LogP contribution in [0.1, 0.15) is 5.56 Å². The largest absolute Gasteiger partial charge is 0.508 e. The average Bonchev–Trinajstić information content (AvgIpc) is 2.71. The van der Waals surface area contributed by atoms with Crippen molar-refractivity contribution in [2.75, 3.05) is 45.2 Å². The first-order valence-corrected chi connectivity index (χ1v) is 8.32. The van der Waals surface area contributed by atoms with Crippen molar-refractivity contribution >= 4 is 22.9 Å². The highest BCUT2D eigenvalue weighted by Crippen LogP contribution is 2.39. The van der Waals surface area contributed by atoms with E-state index in [2.05, 4.69) is 34.9 Å². The molecule has 1 saturated heterocycles. The highest BCUT2D eigenvalue weighted by atomic mass is 16.3. The van der Waals surface area contributed by atoms with Crippen molar-refractivity contribution in [2.45, 2.75) is 0 Å². The summed E-state index contributed by atoms with van der Waals surface area (Å²) in [5.41, 5.74) is 4.09. The third-order valence-corrected chi connectivity index (χ3v) is 4.85. The molecule has 0 spiro atoms. The number of aliphatic imine (C=N–C) groups is 1. The summed E-state index contributed by atoms with van der Waals surface area (Å²) in [4.78, 5) is 11.8. The Bertz CT molecular complexity index is 794. The molecule has 0 saturated carbocycles. The smallest absolute Gasteiger partial charge is 0.138 e. The third-order valence-electron chi connectivity index (χ3n) is 4.85. The van der Waals surface area contributed by atoms with Crippen molar-refractivity contribution in [2.24, 2.45) is 4.99 Å². The zero-order chi connectivity index (χ0) is 16.7. The minimum atomic E-state index is 0.273. The Hall–Kier alpha value is -2.53. The molecule has 1 fully saturated rings. The number of aromatic hydroxyl groups is 1. The lowest BCUT2D eigenvalue weighted by Crippen LogP contribution is -2.47. The lowest BCUT2D eigenvalue weighted by Gasteiger charge is -2.35. The molecule has 2 aliphatic heterocycles. The number of piperazine rings is 1. The molecule has 0 aliphatic carbocycles. The van der Waals surface area contributed by atoms with Gasteiger partial charge in [0.2, 0.25) is 0 Å². The van der Waals surface area contributed by atoms with Crippen LogP contribution >= 0.6 is 0 Å². The lowest BCUT2D eigenvalue weighted by molar-refractivity contribution is 0.216. The van der Waals surface area contributed by atoms with Crippen molar-refractivity contribution in [3.63, 3.8) is 0 Å². The fourth-order valence-electron chi connectivity index (χ4n) is 3.40. The molecule has 124 valence electrons. The van der Waals surface area contributed by atoms with Crippen LogP contribution in [0.2, 0.25) is 0 Å². The molecule has 5 heteroatoms. The molecule has 2 aromatic carbocycles. The van der Waals surface area contributed by atoms with Gasteiger partial charge in [-0.25, -0.2) is 4.99 Å². The molecular weight excluding hydrogens is 300 g/mol. The molecule has 0 aromatic heterocycles. The van der Waals surface area contributed by atoms with E-state index < -0.39 is 0 Å². The van der Waals surface area contributed by atoms with Crippen molar-refractivity contribution in [1.29, 1.82) is 0 Å². The summed E-state index contributed by atoms with van der Waals surface area (Å²) in [5, 5.41) is 10.0. The Morgan fingerprint density at radius 3 is 2.46 bits per heavy atom. The van der Waals surface area contributed by atoms with E-state index in [1.807, 2.05) is 30.3 Å². The van der Waals surface area contributed by atoms with Gasteiger partial charge in [-0.2, -0.15) is 0 Å². The van der Waals surface area contributed by atoms with Crippen molar-refractivity contribution in [3.05, 3.63) is 48.0 Å². The Kier molecular flexibility index (Phi) is 3.65.